The van der Waals surface area contributed by atoms with Gasteiger partial charge in [-0.3, -0.25) is 0 Å². The van der Waals surface area contributed by atoms with Crippen LogP contribution in [0.25, 0.3) is 11.0 Å². The van der Waals surface area contributed by atoms with Gasteiger partial charge in [0.25, 0.3) is 0 Å². The maximum Gasteiger partial charge on any atom is 0.166 e. The summed E-state index contributed by atoms with van der Waals surface area (Å²) in [5.74, 6) is 6.89. The summed E-state index contributed by atoms with van der Waals surface area (Å²) >= 11 is 2.79. The minimum Gasteiger partial charge on any atom is -0.494 e. The molecule has 110 valence electrons. The van der Waals surface area contributed by atoms with E-state index < -0.39 is 0 Å². The molecule has 0 unspecified atom stereocenters. The first-order valence-electron chi connectivity index (χ1n) is 6.33. The van der Waals surface area contributed by atoms with Gasteiger partial charge in [0.2, 0.25) is 0 Å². The maximum absolute atomic E-state index is 5.48. The summed E-state index contributed by atoms with van der Waals surface area (Å²) in [5.41, 5.74) is 5.28. The van der Waals surface area contributed by atoms with E-state index in [1.165, 1.54) is 11.5 Å². The summed E-state index contributed by atoms with van der Waals surface area (Å²) in [6, 6.07) is 5.81. The highest BCUT2D eigenvalue weighted by atomic mass is 32.2. The SMILES string of the molecule is CCOc1ccc2nc(SCc3nnsc3NN)[nH]c2c1. The summed E-state index contributed by atoms with van der Waals surface area (Å²) in [5, 5.41) is 5.64. The number of H-pyrrole nitrogens is 1. The fourth-order valence-corrected chi connectivity index (χ4v) is 3.24. The molecule has 0 radical (unpaired) electrons. The molecule has 0 saturated carbocycles. The van der Waals surface area contributed by atoms with Crippen LogP contribution in [0.5, 0.6) is 5.75 Å². The molecule has 0 aliphatic carbocycles. The smallest absolute Gasteiger partial charge is 0.166 e. The minimum absolute atomic E-state index is 0.646. The normalized spacial score (nSPS) is 11.0. The second-order valence-electron chi connectivity index (χ2n) is 4.14. The number of nitrogen functional groups attached to an aromatic ring is 1. The predicted octanol–water partition coefficient (Wildman–Crippen LogP) is 2.39. The van der Waals surface area contributed by atoms with Crippen LogP contribution in [0.15, 0.2) is 23.4 Å². The number of benzene rings is 1. The molecule has 21 heavy (non-hydrogen) atoms. The Morgan fingerprint density at radius 2 is 2.38 bits per heavy atom. The van der Waals surface area contributed by atoms with Crippen molar-refractivity contribution in [1.29, 1.82) is 0 Å². The van der Waals surface area contributed by atoms with Crippen molar-refractivity contribution in [3.63, 3.8) is 0 Å². The molecule has 0 amide bonds. The Morgan fingerprint density at radius 1 is 1.48 bits per heavy atom. The number of nitrogens with zero attached hydrogens (tertiary/aromatic N) is 3. The topological polar surface area (TPSA) is 102 Å². The van der Waals surface area contributed by atoms with Crippen molar-refractivity contribution in [1.82, 2.24) is 19.6 Å². The zero-order chi connectivity index (χ0) is 14.7. The number of ether oxygens (including phenoxy) is 1. The van der Waals surface area contributed by atoms with Crippen LogP contribution in [0.4, 0.5) is 5.00 Å². The number of imidazole rings is 1. The first-order chi connectivity index (χ1) is 10.3. The maximum atomic E-state index is 5.48. The Labute approximate surface area is 129 Å². The number of hydrogen-bond acceptors (Lipinski definition) is 8. The number of aromatic amines is 1. The van der Waals surface area contributed by atoms with E-state index in [1.54, 1.807) is 11.8 Å². The highest BCUT2D eigenvalue weighted by Gasteiger charge is 2.10. The largest absolute Gasteiger partial charge is 0.494 e. The number of hydrazine groups is 1. The summed E-state index contributed by atoms with van der Waals surface area (Å²) < 4.78 is 9.35. The number of anilines is 1. The lowest BCUT2D eigenvalue weighted by Gasteiger charge is -2.00. The summed E-state index contributed by atoms with van der Waals surface area (Å²) in [7, 11) is 0. The number of thioether (sulfide) groups is 1. The van der Waals surface area contributed by atoms with E-state index in [1.807, 2.05) is 25.1 Å². The summed E-state index contributed by atoms with van der Waals surface area (Å²) in [6.07, 6.45) is 0. The number of nitrogens with two attached hydrogens (primary N) is 1. The van der Waals surface area contributed by atoms with Gasteiger partial charge in [0.1, 0.15) is 16.4 Å². The molecule has 0 saturated heterocycles. The molecule has 3 rings (SSSR count). The highest BCUT2D eigenvalue weighted by Crippen LogP contribution is 2.27. The molecule has 2 aromatic heterocycles. The molecule has 0 fully saturated rings. The zero-order valence-electron chi connectivity index (χ0n) is 11.3. The summed E-state index contributed by atoms with van der Waals surface area (Å²) in [4.78, 5) is 7.79. The van der Waals surface area contributed by atoms with Crippen molar-refractivity contribution in [3.8, 4) is 5.75 Å². The van der Waals surface area contributed by atoms with Gasteiger partial charge in [-0.15, -0.1) is 5.10 Å². The van der Waals surface area contributed by atoms with Crippen LogP contribution in [-0.4, -0.2) is 26.2 Å². The standard InChI is InChI=1S/C12H14N6OS2/c1-2-19-7-3-4-8-9(5-7)15-12(14-8)20-6-10-11(16-13)21-18-17-10/h3-5,16H,2,6,13H2,1H3,(H,14,15). The molecule has 9 heteroatoms. The average Bonchev–Trinajstić information content (AvgIpc) is 3.10. The van der Waals surface area contributed by atoms with Crippen molar-refractivity contribution < 1.29 is 4.74 Å². The Balaban J connectivity index is 1.75. The molecule has 0 bridgehead atoms. The van der Waals surface area contributed by atoms with Crippen molar-refractivity contribution in [3.05, 3.63) is 23.9 Å². The lowest BCUT2D eigenvalue weighted by atomic mass is 10.3. The molecular weight excluding hydrogens is 308 g/mol. The lowest BCUT2D eigenvalue weighted by Crippen LogP contribution is -2.06. The Kier molecular flexibility index (Phi) is 4.23. The Hall–Kier alpha value is -1.84. The van der Waals surface area contributed by atoms with Crippen LogP contribution >= 0.6 is 23.3 Å². The van der Waals surface area contributed by atoms with E-state index in [9.17, 15) is 0 Å². The molecule has 4 N–H and O–H groups in total. The van der Waals surface area contributed by atoms with E-state index in [4.69, 9.17) is 10.6 Å². The second-order valence-corrected chi connectivity index (χ2v) is 5.85. The van der Waals surface area contributed by atoms with Crippen molar-refractivity contribution in [2.45, 2.75) is 17.8 Å². The highest BCUT2D eigenvalue weighted by molar-refractivity contribution is 7.98. The van der Waals surface area contributed by atoms with Crippen LogP contribution < -0.4 is 16.0 Å². The van der Waals surface area contributed by atoms with Gasteiger partial charge < -0.3 is 15.1 Å². The van der Waals surface area contributed by atoms with Gasteiger partial charge in [0.05, 0.1) is 17.6 Å². The molecule has 7 nitrogen and oxygen atoms in total. The average molecular weight is 322 g/mol. The molecule has 1 aromatic carbocycles. The number of nitrogens with one attached hydrogen (secondary N) is 2. The molecule has 2 heterocycles. The van der Waals surface area contributed by atoms with Gasteiger partial charge in [-0.05, 0) is 19.1 Å². The van der Waals surface area contributed by atoms with Crippen LogP contribution in [0.3, 0.4) is 0 Å². The van der Waals surface area contributed by atoms with Crippen LogP contribution in [0.1, 0.15) is 12.6 Å². The van der Waals surface area contributed by atoms with Gasteiger partial charge in [-0.25, -0.2) is 10.8 Å². The van der Waals surface area contributed by atoms with Crippen molar-refractivity contribution >= 4 is 39.3 Å². The van der Waals surface area contributed by atoms with Crippen LogP contribution in [-0.2, 0) is 5.75 Å². The third-order valence-electron chi connectivity index (χ3n) is 2.78. The zero-order valence-corrected chi connectivity index (χ0v) is 12.9. The third-order valence-corrected chi connectivity index (χ3v) is 4.36. The molecule has 0 aliphatic heterocycles. The Morgan fingerprint density at radius 3 is 3.19 bits per heavy atom. The fraction of sp³-hybridized carbons (Fsp3) is 0.250. The first-order valence-corrected chi connectivity index (χ1v) is 8.09. The molecule has 0 aliphatic rings. The van der Waals surface area contributed by atoms with Crippen LogP contribution in [0.2, 0.25) is 0 Å². The molecular formula is C12H14N6OS2. The van der Waals surface area contributed by atoms with Crippen LogP contribution in [0, 0.1) is 0 Å². The quantitative estimate of drug-likeness (QED) is 0.364. The van der Waals surface area contributed by atoms with Gasteiger partial charge in [0, 0.05) is 23.4 Å². The summed E-state index contributed by atoms with van der Waals surface area (Å²) in [6.45, 7) is 2.61. The lowest BCUT2D eigenvalue weighted by molar-refractivity contribution is 0.340. The monoisotopic (exact) mass is 322 g/mol. The molecule has 0 atom stereocenters. The fourth-order valence-electron chi connectivity index (χ4n) is 1.84. The predicted molar refractivity (Wildman–Crippen MR) is 84.5 cm³/mol. The van der Waals surface area contributed by atoms with Crippen molar-refractivity contribution in [2.24, 2.45) is 5.84 Å². The number of rotatable bonds is 6. The van der Waals surface area contributed by atoms with E-state index >= 15 is 0 Å². The molecule has 3 aromatic rings. The third kappa shape index (κ3) is 3.09. The van der Waals surface area contributed by atoms with Gasteiger partial charge in [-0.1, -0.05) is 16.3 Å². The number of fused-ring (bicyclic) bond motifs is 1. The number of hydrogen-bond donors (Lipinski definition) is 3. The number of aromatic nitrogens is 4. The van der Waals surface area contributed by atoms with Gasteiger partial charge in [-0.2, -0.15) is 0 Å². The minimum atomic E-state index is 0.646. The first kappa shape index (κ1) is 14.1. The van der Waals surface area contributed by atoms with Gasteiger partial charge in [0.15, 0.2) is 5.16 Å². The van der Waals surface area contributed by atoms with E-state index in [0.29, 0.717) is 12.4 Å². The Bertz CT molecular complexity index is 740. The van der Waals surface area contributed by atoms with E-state index in [0.717, 1.165) is 32.6 Å². The van der Waals surface area contributed by atoms with Gasteiger partial charge >= 0.3 is 0 Å². The van der Waals surface area contributed by atoms with Crippen molar-refractivity contribution in [2.75, 3.05) is 12.0 Å². The van der Waals surface area contributed by atoms with E-state index in [2.05, 4.69) is 25.0 Å². The molecule has 0 spiro atoms. The second kappa shape index (κ2) is 6.29. The van der Waals surface area contributed by atoms with E-state index in [-0.39, 0.29) is 0 Å².